The van der Waals surface area contributed by atoms with Crippen LogP contribution in [0.4, 0.5) is 0 Å². The molecule has 0 spiro atoms. The van der Waals surface area contributed by atoms with Crippen LogP contribution >= 0.6 is 11.8 Å². The Morgan fingerprint density at radius 2 is 2.12 bits per heavy atom. The first-order valence-electron chi connectivity index (χ1n) is 6.41. The lowest BCUT2D eigenvalue weighted by molar-refractivity contribution is -0.122. The van der Waals surface area contributed by atoms with Crippen LogP contribution in [0.3, 0.4) is 0 Å². The largest absolute Gasteiger partial charge is 0.353 e. The van der Waals surface area contributed by atoms with Crippen molar-refractivity contribution in [1.29, 1.82) is 0 Å². The summed E-state index contributed by atoms with van der Waals surface area (Å²) in [5.74, 6) is 0.932. The number of carbonyl (C=O) groups excluding carboxylic acids is 1. The molecule has 17 heavy (non-hydrogen) atoms. The number of nitrogens with one attached hydrogen (secondary N) is 1. The zero-order valence-electron chi connectivity index (χ0n) is 10.9. The molecule has 100 valence electrons. The van der Waals surface area contributed by atoms with E-state index in [4.69, 9.17) is 5.73 Å². The quantitative estimate of drug-likeness (QED) is 0.705. The Morgan fingerprint density at radius 3 is 2.71 bits per heavy atom. The van der Waals surface area contributed by atoms with Crippen LogP contribution in [0.15, 0.2) is 0 Å². The van der Waals surface area contributed by atoms with E-state index < -0.39 is 0 Å². The lowest BCUT2D eigenvalue weighted by Crippen LogP contribution is -2.46. The third-order valence-electron chi connectivity index (χ3n) is 3.31. The van der Waals surface area contributed by atoms with Gasteiger partial charge >= 0.3 is 0 Å². The Hall–Kier alpha value is -0.260. The predicted octanol–water partition coefficient (Wildman–Crippen LogP) is 0.667. The number of nitrogens with two attached hydrogens (primary N) is 1. The minimum atomic E-state index is -0.353. The van der Waals surface area contributed by atoms with E-state index in [1.54, 1.807) is 11.8 Å². The zero-order chi connectivity index (χ0) is 12.7. The van der Waals surface area contributed by atoms with Gasteiger partial charge in [-0.1, -0.05) is 0 Å². The molecule has 0 aromatic carbocycles. The highest BCUT2D eigenvalue weighted by Gasteiger charge is 2.19. The van der Waals surface area contributed by atoms with Crippen molar-refractivity contribution < 1.29 is 4.79 Å². The van der Waals surface area contributed by atoms with Gasteiger partial charge in [-0.2, -0.15) is 11.8 Å². The second-order valence-electron chi connectivity index (χ2n) is 4.73. The molecular weight excluding hydrogens is 234 g/mol. The molecule has 1 aliphatic rings. The predicted molar refractivity (Wildman–Crippen MR) is 74.3 cm³/mol. The molecule has 1 fully saturated rings. The monoisotopic (exact) mass is 259 g/mol. The average Bonchev–Trinajstić information content (AvgIpc) is 2.86. The van der Waals surface area contributed by atoms with E-state index in [1.165, 1.54) is 12.8 Å². The van der Waals surface area contributed by atoms with Gasteiger partial charge in [0.2, 0.25) is 5.91 Å². The summed E-state index contributed by atoms with van der Waals surface area (Å²) in [4.78, 5) is 14.1. The van der Waals surface area contributed by atoms with Crippen molar-refractivity contribution in [2.24, 2.45) is 5.73 Å². The van der Waals surface area contributed by atoms with Crippen LogP contribution in [0.2, 0.25) is 0 Å². The van der Waals surface area contributed by atoms with E-state index in [1.807, 2.05) is 6.26 Å². The third-order valence-corrected chi connectivity index (χ3v) is 3.95. The van der Waals surface area contributed by atoms with Crippen LogP contribution in [0, 0.1) is 0 Å². The van der Waals surface area contributed by atoms with Gasteiger partial charge in [0.05, 0.1) is 6.04 Å². The van der Waals surface area contributed by atoms with Crippen LogP contribution in [0.25, 0.3) is 0 Å². The summed E-state index contributed by atoms with van der Waals surface area (Å²) >= 11 is 1.72. The summed E-state index contributed by atoms with van der Waals surface area (Å²) in [5, 5.41) is 2.95. The SMILES string of the molecule is CSCC[C@H](N)C(=O)NCC(C)N1CCCC1. The van der Waals surface area contributed by atoms with Gasteiger partial charge in [0.25, 0.3) is 0 Å². The maximum Gasteiger partial charge on any atom is 0.237 e. The van der Waals surface area contributed by atoms with Gasteiger partial charge in [-0.3, -0.25) is 9.69 Å². The number of hydrogen-bond acceptors (Lipinski definition) is 4. The van der Waals surface area contributed by atoms with Crippen molar-refractivity contribution in [3.63, 3.8) is 0 Å². The van der Waals surface area contributed by atoms with Gasteiger partial charge in [-0.25, -0.2) is 0 Å². The number of nitrogens with zero attached hydrogens (tertiary/aromatic N) is 1. The molecule has 3 N–H and O–H groups in total. The number of amides is 1. The number of carbonyl (C=O) groups is 1. The van der Waals surface area contributed by atoms with Crippen molar-refractivity contribution in [2.75, 3.05) is 31.6 Å². The minimum Gasteiger partial charge on any atom is -0.353 e. The number of hydrogen-bond donors (Lipinski definition) is 2. The van der Waals surface area contributed by atoms with Crippen molar-refractivity contribution >= 4 is 17.7 Å². The van der Waals surface area contributed by atoms with Gasteiger partial charge in [0.15, 0.2) is 0 Å². The Morgan fingerprint density at radius 1 is 1.47 bits per heavy atom. The normalized spacial score (nSPS) is 20.2. The molecule has 1 unspecified atom stereocenters. The number of thioether (sulfide) groups is 1. The van der Waals surface area contributed by atoms with Gasteiger partial charge in [0, 0.05) is 12.6 Å². The Labute approximate surface area is 109 Å². The highest BCUT2D eigenvalue weighted by Crippen LogP contribution is 2.10. The molecule has 0 radical (unpaired) electrons. The molecule has 2 atom stereocenters. The Balaban J connectivity index is 2.17. The molecule has 0 bridgehead atoms. The Bertz CT molecular complexity index is 232. The molecule has 0 aromatic rings. The summed E-state index contributed by atoms with van der Waals surface area (Å²) in [6.45, 7) is 5.20. The first kappa shape index (κ1) is 14.8. The van der Waals surface area contributed by atoms with Gasteiger partial charge < -0.3 is 11.1 Å². The maximum absolute atomic E-state index is 11.7. The summed E-state index contributed by atoms with van der Waals surface area (Å²) in [5.41, 5.74) is 5.80. The molecular formula is C12H25N3OS. The molecule has 1 rings (SSSR count). The first-order valence-corrected chi connectivity index (χ1v) is 7.80. The smallest absolute Gasteiger partial charge is 0.237 e. The number of rotatable bonds is 7. The van der Waals surface area contributed by atoms with Crippen LogP contribution in [-0.2, 0) is 4.79 Å². The fourth-order valence-corrected chi connectivity index (χ4v) is 2.56. The fraction of sp³-hybridized carbons (Fsp3) is 0.917. The molecule has 5 heteroatoms. The highest BCUT2D eigenvalue weighted by atomic mass is 32.2. The van der Waals surface area contributed by atoms with E-state index in [-0.39, 0.29) is 11.9 Å². The number of likely N-dealkylation sites (tertiary alicyclic amines) is 1. The van der Waals surface area contributed by atoms with E-state index >= 15 is 0 Å². The van der Waals surface area contributed by atoms with Crippen molar-refractivity contribution in [3.8, 4) is 0 Å². The molecule has 4 nitrogen and oxygen atoms in total. The van der Waals surface area contributed by atoms with Crippen molar-refractivity contribution in [3.05, 3.63) is 0 Å². The Kier molecular flexibility index (Phi) is 6.92. The molecule has 0 saturated carbocycles. The highest BCUT2D eigenvalue weighted by molar-refractivity contribution is 7.98. The molecule has 1 heterocycles. The second kappa shape index (κ2) is 7.95. The van der Waals surface area contributed by atoms with Crippen LogP contribution in [0.1, 0.15) is 26.2 Å². The lowest BCUT2D eigenvalue weighted by atomic mass is 10.2. The van der Waals surface area contributed by atoms with Crippen molar-refractivity contribution in [1.82, 2.24) is 10.2 Å². The second-order valence-corrected chi connectivity index (χ2v) is 5.71. The van der Waals surface area contributed by atoms with E-state index in [0.717, 1.165) is 25.3 Å². The topological polar surface area (TPSA) is 58.4 Å². The van der Waals surface area contributed by atoms with Gasteiger partial charge in [0.1, 0.15) is 0 Å². The molecule has 1 aliphatic heterocycles. The van der Waals surface area contributed by atoms with Crippen LogP contribution in [-0.4, -0.2) is 54.5 Å². The zero-order valence-corrected chi connectivity index (χ0v) is 11.8. The lowest BCUT2D eigenvalue weighted by Gasteiger charge is -2.24. The first-order chi connectivity index (χ1) is 8.15. The van der Waals surface area contributed by atoms with Crippen LogP contribution < -0.4 is 11.1 Å². The van der Waals surface area contributed by atoms with Crippen molar-refractivity contribution in [2.45, 2.75) is 38.3 Å². The summed E-state index contributed by atoms with van der Waals surface area (Å²) in [6.07, 6.45) is 5.35. The minimum absolute atomic E-state index is 0.00917. The average molecular weight is 259 g/mol. The maximum atomic E-state index is 11.7. The molecule has 0 aliphatic carbocycles. The third kappa shape index (κ3) is 5.27. The van der Waals surface area contributed by atoms with E-state index in [9.17, 15) is 4.79 Å². The molecule has 0 aromatic heterocycles. The molecule has 1 saturated heterocycles. The summed E-state index contributed by atoms with van der Waals surface area (Å²) in [6, 6.07) is 0.0717. The van der Waals surface area contributed by atoms with E-state index in [2.05, 4.69) is 17.1 Å². The summed E-state index contributed by atoms with van der Waals surface area (Å²) < 4.78 is 0. The van der Waals surface area contributed by atoms with Gasteiger partial charge in [-0.15, -0.1) is 0 Å². The molecule has 1 amide bonds. The van der Waals surface area contributed by atoms with Crippen LogP contribution in [0.5, 0.6) is 0 Å². The van der Waals surface area contributed by atoms with E-state index in [0.29, 0.717) is 12.6 Å². The standard InChI is InChI=1S/C12H25N3OS/c1-10(15-6-3-4-7-15)9-14-12(16)11(13)5-8-17-2/h10-11H,3-9,13H2,1-2H3,(H,14,16)/t10?,11-/m0/s1. The summed E-state index contributed by atoms with van der Waals surface area (Å²) in [7, 11) is 0. The van der Waals surface area contributed by atoms with Gasteiger partial charge in [-0.05, 0) is 51.3 Å². The fourth-order valence-electron chi connectivity index (χ4n) is 2.07.